The second-order valence-electron chi connectivity index (χ2n) is 5.30. The highest BCUT2D eigenvalue weighted by molar-refractivity contribution is 5.77. The highest BCUT2D eigenvalue weighted by atomic mass is 16.5. The first kappa shape index (κ1) is 15.0. The van der Waals surface area contributed by atoms with Gasteiger partial charge in [-0.25, -0.2) is 0 Å². The van der Waals surface area contributed by atoms with Gasteiger partial charge in [-0.1, -0.05) is 35.5 Å². The molecule has 23 heavy (non-hydrogen) atoms. The lowest BCUT2D eigenvalue weighted by atomic mass is 10.2. The van der Waals surface area contributed by atoms with Crippen LogP contribution in [0, 0.1) is 13.8 Å². The normalized spacial score (nSPS) is 10.7. The van der Waals surface area contributed by atoms with Gasteiger partial charge in [0.15, 0.2) is 5.82 Å². The number of benzene rings is 1. The Morgan fingerprint density at radius 2 is 2.00 bits per heavy atom. The van der Waals surface area contributed by atoms with Crippen molar-refractivity contribution in [3.05, 3.63) is 59.3 Å². The van der Waals surface area contributed by atoms with E-state index in [1.54, 1.807) is 6.26 Å². The third-order valence-corrected chi connectivity index (χ3v) is 3.49. The van der Waals surface area contributed by atoms with Gasteiger partial charge in [0, 0.05) is 12.1 Å². The first-order valence-electron chi connectivity index (χ1n) is 7.32. The van der Waals surface area contributed by atoms with Gasteiger partial charge in [-0.2, -0.15) is 4.98 Å². The molecule has 0 bridgehead atoms. The molecule has 0 aliphatic rings. The van der Waals surface area contributed by atoms with Gasteiger partial charge in [0.1, 0.15) is 5.76 Å². The Balaban J connectivity index is 1.62. The van der Waals surface area contributed by atoms with E-state index in [0.717, 1.165) is 16.7 Å². The topological polar surface area (TPSA) is 81.2 Å². The number of carbonyl (C=O) groups is 1. The Morgan fingerprint density at radius 3 is 2.70 bits per heavy atom. The van der Waals surface area contributed by atoms with Crippen molar-refractivity contribution in [3.8, 4) is 11.5 Å². The molecule has 0 unspecified atom stereocenters. The molecule has 6 nitrogen and oxygen atoms in total. The maximum atomic E-state index is 12.0. The Morgan fingerprint density at radius 1 is 1.22 bits per heavy atom. The van der Waals surface area contributed by atoms with Gasteiger partial charge >= 0.3 is 0 Å². The molecule has 0 spiro atoms. The zero-order valence-electron chi connectivity index (χ0n) is 13.0. The van der Waals surface area contributed by atoms with E-state index in [1.165, 1.54) is 0 Å². The van der Waals surface area contributed by atoms with Crippen molar-refractivity contribution in [2.75, 3.05) is 0 Å². The molecular formula is C17H17N3O3. The average molecular weight is 311 g/mol. The molecule has 6 heteroatoms. The van der Waals surface area contributed by atoms with E-state index in [1.807, 2.05) is 44.2 Å². The maximum absolute atomic E-state index is 12.0. The molecule has 118 valence electrons. The lowest BCUT2D eigenvalue weighted by Crippen LogP contribution is -2.24. The maximum Gasteiger partial charge on any atom is 0.261 e. The highest BCUT2D eigenvalue weighted by Crippen LogP contribution is 2.26. The van der Waals surface area contributed by atoms with Crippen LogP contribution in [0.5, 0.6) is 0 Å². The number of nitrogens with one attached hydrogen (secondary N) is 1. The van der Waals surface area contributed by atoms with E-state index in [0.29, 0.717) is 24.0 Å². The number of amides is 1. The second-order valence-corrected chi connectivity index (χ2v) is 5.30. The van der Waals surface area contributed by atoms with Crippen molar-refractivity contribution in [1.29, 1.82) is 0 Å². The fraction of sp³-hybridized carbons (Fsp3) is 0.235. The number of aromatic nitrogens is 2. The van der Waals surface area contributed by atoms with E-state index < -0.39 is 0 Å². The molecule has 0 fully saturated rings. The zero-order valence-corrected chi connectivity index (χ0v) is 13.0. The predicted octanol–water partition coefficient (Wildman–Crippen LogP) is 2.81. The summed E-state index contributed by atoms with van der Waals surface area (Å²) in [6.07, 6.45) is 1.72. The van der Waals surface area contributed by atoms with Crippen molar-refractivity contribution < 1.29 is 13.7 Å². The molecule has 0 aliphatic heterocycles. The quantitative estimate of drug-likeness (QED) is 0.783. The van der Waals surface area contributed by atoms with Crippen LogP contribution in [-0.2, 0) is 17.8 Å². The second kappa shape index (κ2) is 6.48. The summed E-state index contributed by atoms with van der Waals surface area (Å²) in [5.41, 5.74) is 2.75. The summed E-state index contributed by atoms with van der Waals surface area (Å²) in [6, 6.07) is 9.71. The minimum absolute atomic E-state index is 0.0757. The molecule has 3 rings (SSSR count). The number of rotatable bonds is 5. The van der Waals surface area contributed by atoms with E-state index in [4.69, 9.17) is 8.94 Å². The molecule has 1 aromatic carbocycles. The summed E-state index contributed by atoms with van der Waals surface area (Å²) in [5.74, 6) is 1.29. The van der Waals surface area contributed by atoms with Crippen molar-refractivity contribution in [1.82, 2.24) is 15.5 Å². The van der Waals surface area contributed by atoms with Gasteiger partial charge in [0.05, 0.1) is 18.2 Å². The highest BCUT2D eigenvalue weighted by Gasteiger charge is 2.17. The third kappa shape index (κ3) is 3.48. The number of nitrogens with zero attached hydrogens (tertiary/aromatic N) is 2. The number of furan rings is 1. The van der Waals surface area contributed by atoms with Crippen LogP contribution in [0.4, 0.5) is 0 Å². The van der Waals surface area contributed by atoms with E-state index >= 15 is 0 Å². The predicted molar refractivity (Wildman–Crippen MR) is 83.5 cm³/mol. The zero-order chi connectivity index (χ0) is 16.2. The lowest BCUT2D eigenvalue weighted by Gasteiger charge is -2.03. The van der Waals surface area contributed by atoms with Crippen LogP contribution in [0.25, 0.3) is 11.5 Å². The summed E-state index contributed by atoms with van der Waals surface area (Å²) >= 11 is 0. The molecule has 1 amide bonds. The Kier molecular flexibility index (Phi) is 4.23. The fourth-order valence-electron chi connectivity index (χ4n) is 2.32. The van der Waals surface area contributed by atoms with Crippen LogP contribution >= 0.6 is 0 Å². The number of hydrogen-bond donors (Lipinski definition) is 1. The lowest BCUT2D eigenvalue weighted by molar-refractivity contribution is -0.120. The smallest absolute Gasteiger partial charge is 0.261 e. The molecule has 0 saturated heterocycles. The molecule has 0 aliphatic carbocycles. The van der Waals surface area contributed by atoms with E-state index in [2.05, 4.69) is 15.5 Å². The standard InChI is InChI=1S/C17H17N3O3/c1-11-10-22-12(2)16(11)17-19-14(20-23-17)8-15(21)18-9-13-6-4-3-5-7-13/h3-7,10H,8-9H2,1-2H3,(H,18,21). The van der Waals surface area contributed by atoms with Gasteiger partial charge in [-0.05, 0) is 19.4 Å². The molecule has 2 heterocycles. The summed E-state index contributed by atoms with van der Waals surface area (Å²) in [7, 11) is 0. The Hall–Kier alpha value is -2.89. The van der Waals surface area contributed by atoms with Crippen molar-refractivity contribution in [2.24, 2.45) is 0 Å². The van der Waals surface area contributed by atoms with Crippen molar-refractivity contribution >= 4 is 5.91 Å². The van der Waals surface area contributed by atoms with Crippen LogP contribution < -0.4 is 5.32 Å². The van der Waals surface area contributed by atoms with Gasteiger partial charge in [0.25, 0.3) is 5.89 Å². The third-order valence-electron chi connectivity index (χ3n) is 3.49. The molecule has 2 aromatic heterocycles. The molecule has 0 radical (unpaired) electrons. The Labute approximate surface area is 133 Å². The minimum atomic E-state index is -0.151. The van der Waals surface area contributed by atoms with Gasteiger partial charge in [-0.15, -0.1) is 0 Å². The van der Waals surface area contributed by atoms with Crippen molar-refractivity contribution in [3.63, 3.8) is 0 Å². The van der Waals surface area contributed by atoms with E-state index in [9.17, 15) is 4.79 Å². The first-order valence-corrected chi connectivity index (χ1v) is 7.32. The molecule has 3 aromatic rings. The van der Waals surface area contributed by atoms with Crippen LogP contribution in [0.3, 0.4) is 0 Å². The largest absolute Gasteiger partial charge is 0.469 e. The number of hydrogen-bond acceptors (Lipinski definition) is 5. The molecule has 0 saturated carbocycles. The van der Waals surface area contributed by atoms with Gasteiger partial charge < -0.3 is 14.3 Å². The van der Waals surface area contributed by atoms with Gasteiger partial charge in [0.2, 0.25) is 5.91 Å². The van der Waals surface area contributed by atoms with Crippen LogP contribution in [0.1, 0.15) is 22.7 Å². The fourth-order valence-corrected chi connectivity index (χ4v) is 2.32. The monoisotopic (exact) mass is 311 g/mol. The van der Waals surface area contributed by atoms with E-state index in [-0.39, 0.29) is 12.3 Å². The summed E-state index contributed by atoms with van der Waals surface area (Å²) in [6.45, 7) is 4.21. The van der Waals surface area contributed by atoms with Crippen LogP contribution in [-0.4, -0.2) is 16.0 Å². The summed E-state index contributed by atoms with van der Waals surface area (Å²) in [5, 5.41) is 6.70. The van der Waals surface area contributed by atoms with Gasteiger partial charge in [-0.3, -0.25) is 4.79 Å². The van der Waals surface area contributed by atoms with Crippen LogP contribution in [0.2, 0.25) is 0 Å². The molecular weight excluding hydrogens is 294 g/mol. The average Bonchev–Trinajstić information content (AvgIpc) is 3.13. The van der Waals surface area contributed by atoms with Crippen LogP contribution in [0.15, 0.2) is 45.5 Å². The molecule has 0 atom stereocenters. The Bertz CT molecular complexity index is 786. The summed E-state index contributed by atoms with van der Waals surface area (Å²) < 4.78 is 10.6. The summed E-state index contributed by atoms with van der Waals surface area (Å²) in [4.78, 5) is 16.2. The SMILES string of the molecule is Cc1coc(C)c1-c1nc(CC(=O)NCc2ccccc2)no1. The molecule has 1 N–H and O–H groups in total. The minimum Gasteiger partial charge on any atom is -0.469 e. The van der Waals surface area contributed by atoms with Crippen molar-refractivity contribution in [2.45, 2.75) is 26.8 Å². The first-order chi connectivity index (χ1) is 11.1. The number of carbonyl (C=O) groups excluding carboxylic acids is 1. The number of aryl methyl sites for hydroxylation is 2.